The van der Waals surface area contributed by atoms with E-state index in [2.05, 4.69) is 31.6 Å². The maximum Gasteiger partial charge on any atom is 0.326 e. The third-order valence-electron chi connectivity index (χ3n) is 7.63. The van der Waals surface area contributed by atoms with E-state index in [1.807, 2.05) is 6.92 Å². The molecule has 17 heteroatoms. The Morgan fingerprint density at radius 3 is 1.49 bits per heavy atom. The van der Waals surface area contributed by atoms with Gasteiger partial charge in [0.2, 0.25) is 29.5 Å². The lowest BCUT2D eigenvalue weighted by atomic mass is 9.95. The van der Waals surface area contributed by atoms with Crippen molar-refractivity contribution in [1.29, 1.82) is 0 Å². The molecule has 0 aliphatic carbocycles. The van der Waals surface area contributed by atoms with E-state index < -0.39 is 96.1 Å². The van der Waals surface area contributed by atoms with Crippen LogP contribution in [0.4, 0.5) is 0 Å². The summed E-state index contributed by atoms with van der Waals surface area (Å²) in [7, 11) is 0. The quantitative estimate of drug-likeness (QED) is 0.0357. The van der Waals surface area contributed by atoms with Crippen LogP contribution >= 0.6 is 0 Å². The number of hydrogen-bond acceptors (Lipinski definition) is 9. The second-order valence-corrected chi connectivity index (χ2v) is 12.7. The lowest BCUT2D eigenvalue weighted by Crippen LogP contribution is -2.62. The van der Waals surface area contributed by atoms with E-state index in [9.17, 15) is 39.0 Å². The highest BCUT2D eigenvalue weighted by molar-refractivity contribution is 5.96. The number of nitrogens with one attached hydrogen (secondary N) is 5. The number of rotatable bonds is 21. The van der Waals surface area contributed by atoms with E-state index in [1.165, 1.54) is 0 Å². The Morgan fingerprint density at radius 2 is 1.09 bits per heavy atom. The SMILES string of the molecule is CC[C@H](C)[C@H](NC(=O)[C@@H](N)CO)C(=O)N[C@H](C(=O)N[C@H](C(=O)N[C@@H](CCCN=C(N)N)C(=O)N[C@H](C(=O)O)C(C)C)C(C)C)C(C)C. The molecule has 0 aliphatic heterocycles. The molecule has 0 aromatic heterocycles. The van der Waals surface area contributed by atoms with E-state index >= 15 is 0 Å². The zero-order valence-electron chi connectivity index (χ0n) is 28.8. The van der Waals surface area contributed by atoms with Gasteiger partial charge in [0.25, 0.3) is 0 Å². The molecule has 0 radical (unpaired) electrons. The molecular weight excluding hydrogens is 614 g/mol. The summed E-state index contributed by atoms with van der Waals surface area (Å²) >= 11 is 0. The molecule has 0 saturated carbocycles. The van der Waals surface area contributed by atoms with Crippen LogP contribution in [0, 0.1) is 23.7 Å². The molecule has 17 nitrogen and oxygen atoms in total. The Kier molecular flexibility index (Phi) is 19.2. The minimum absolute atomic E-state index is 0.0604. The summed E-state index contributed by atoms with van der Waals surface area (Å²) in [4.78, 5) is 81.5. The summed E-state index contributed by atoms with van der Waals surface area (Å²) in [6.07, 6.45) is 0.837. The molecule has 0 bridgehead atoms. The summed E-state index contributed by atoms with van der Waals surface area (Å²) < 4.78 is 0. The fourth-order valence-corrected chi connectivity index (χ4v) is 4.40. The summed E-state index contributed by atoms with van der Waals surface area (Å²) in [6.45, 7) is 13.1. The van der Waals surface area contributed by atoms with E-state index in [1.54, 1.807) is 48.5 Å². The van der Waals surface area contributed by atoms with Gasteiger partial charge in [-0.15, -0.1) is 0 Å². The third kappa shape index (κ3) is 15.0. The van der Waals surface area contributed by atoms with E-state index in [-0.39, 0.29) is 31.3 Å². The molecule has 7 atom stereocenters. The van der Waals surface area contributed by atoms with Crippen molar-refractivity contribution < 1.29 is 39.0 Å². The predicted molar refractivity (Wildman–Crippen MR) is 176 cm³/mol. The molecule has 0 saturated heterocycles. The molecule has 13 N–H and O–H groups in total. The van der Waals surface area contributed by atoms with Gasteiger partial charge in [0.15, 0.2) is 5.96 Å². The predicted octanol–water partition coefficient (Wildman–Crippen LogP) is -2.12. The Labute approximate surface area is 277 Å². The number of hydrogen-bond donors (Lipinski definition) is 10. The standard InChI is InChI=1S/C30H57N9O8/c1-9-17(8)23(39-24(41)18(31)13-40)28(45)37-21(15(4)5)27(44)36-20(14(2)3)26(43)35-19(11-10-12-34-30(32)33)25(42)38-22(16(6)7)29(46)47/h14-23,40H,9-13,31H2,1-8H3,(H,35,43)(H,36,44)(H,37,45)(H,38,42)(H,39,41)(H,46,47)(H4,32,33,34)/t17-,18-,19-,20-,21-,22-,23-/m0/s1. The van der Waals surface area contributed by atoms with Gasteiger partial charge in [-0.25, -0.2) is 4.79 Å². The van der Waals surface area contributed by atoms with Gasteiger partial charge in [0.05, 0.1) is 6.61 Å². The number of aliphatic carboxylic acids is 1. The van der Waals surface area contributed by atoms with Gasteiger partial charge in [-0.3, -0.25) is 29.0 Å². The first kappa shape index (κ1) is 43.0. The summed E-state index contributed by atoms with van der Waals surface area (Å²) in [5.41, 5.74) is 16.3. The number of amides is 5. The zero-order chi connectivity index (χ0) is 36.6. The third-order valence-corrected chi connectivity index (χ3v) is 7.63. The van der Waals surface area contributed by atoms with Crippen molar-refractivity contribution >= 4 is 41.5 Å². The van der Waals surface area contributed by atoms with Crippen molar-refractivity contribution in [3.05, 3.63) is 0 Å². The second-order valence-electron chi connectivity index (χ2n) is 12.7. The van der Waals surface area contributed by atoms with Crippen LogP contribution in [0.5, 0.6) is 0 Å². The summed E-state index contributed by atoms with van der Waals surface area (Å²) in [5, 5.41) is 31.7. The highest BCUT2D eigenvalue weighted by Crippen LogP contribution is 2.12. The number of carboxylic acid groups (broad SMARTS) is 1. The van der Waals surface area contributed by atoms with Crippen molar-refractivity contribution in [3.8, 4) is 0 Å². The molecule has 0 aliphatic rings. The molecule has 0 rings (SSSR count). The number of aliphatic hydroxyl groups is 1. The molecule has 0 spiro atoms. The summed E-state index contributed by atoms with van der Waals surface area (Å²) in [5.74, 6) is -6.58. The Balaban J connectivity index is 6.06. The molecule has 0 fully saturated rings. The van der Waals surface area contributed by atoms with Gasteiger partial charge in [0.1, 0.15) is 36.3 Å². The highest BCUT2D eigenvalue weighted by Gasteiger charge is 2.36. The average Bonchev–Trinajstić information content (AvgIpc) is 2.98. The lowest BCUT2D eigenvalue weighted by Gasteiger charge is -2.31. The number of guanidine groups is 1. The number of carbonyl (C=O) groups is 6. The topological polar surface area (TPSA) is 293 Å². The summed E-state index contributed by atoms with van der Waals surface area (Å²) in [6, 6.07) is -6.95. The monoisotopic (exact) mass is 671 g/mol. The maximum absolute atomic E-state index is 13.5. The van der Waals surface area contributed by atoms with Gasteiger partial charge in [-0.2, -0.15) is 0 Å². The van der Waals surface area contributed by atoms with E-state index in [0.717, 1.165) is 0 Å². The number of carboxylic acids is 1. The van der Waals surface area contributed by atoms with Gasteiger partial charge < -0.3 is 54.0 Å². The Morgan fingerprint density at radius 1 is 0.660 bits per heavy atom. The van der Waals surface area contributed by atoms with Crippen LogP contribution in [0.3, 0.4) is 0 Å². The van der Waals surface area contributed by atoms with Gasteiger partial charge in [-0.05, 0) is 36.5 Å². The van der Waals surface area contributed by atoms with Gasteiger partial charge in [0, 0.05) is 6.54 Å². The number of aliphatic imine (C=N–C) groups is 1. The Hall–Kier alpha value is -3.99. The maximum atomic E-state index is 13.5. The van der Waals surface area contributed by atoms with Crippen molar-refractivity contribution in [2.75, 3.05) is 13.2 Å². The van der Waals surface area contributed by atoms with Crippen molar-refractivity contribution in [1.82, 2.24) is 26.6 Å². The van der Waals surface area contributed by atoms with E-state index in [0.29, 0.717) is 6.42 Å². The normalized spacial score (nSPS) is 15.8. The van der Waals surface area contributed by atoms with Crippen LogP contribution in [-0.4, -0.2) is 101 Å². The first-order valence-electron chi connectivity index (χ1n) is 15.9. The molecule has 5 amide bonds. The fourth-order valence-electron chi connectivity index (χ4n) is 4.40. The molecule has 0 aromatic carbocycles. The molecule has 270 valence electrons. The number of nitrogens with zero attached hydrogens (tertiary/aromatic N) is 1. The Bertz CT molecular complexity index is 1100. The second kappa shape index (κ2) is 21.0. The number of nitrogens with two attached hydrogens (primary N) is 3. The molecule has 47 heavy (non-hydrogen) atoms. The fraction of sp³-hybridized carbons (Fsp3) is 0.767. The minimum Gasteiger partial charge on any atom is -0.480 e. The van der Waals surface area contributed by atoms with Crippen molar-refractivity contribution in [2.24, 2.45) is 45.9 Å². The lowest BCUT2D eigenvalue weighted by molar-refractivity contribution is -0.143. The van der Waals surface area contributed by atoms with Crippen LogP contribution in [0.25, 0.3) is 0 Å². The smallest absolute Gasteiger partial charge is 0.326 e. The van der Waals surface area contributed by atoms with Crippen molar-refractivity contribution in [3.63, 3.8) is 0 Å². The number of aliphatic hydroxyl groups excluding tert-OH is 1. The van der Waals surface area contributed by atoms with E-state index in [4.69, 9.17) is 17.2 Å². The van der Waals surface area contributed by atoms with Crippen LogP contribution in [0.2, 0.25) is 0 Å². The minimum atomic E-state index is -1.24. The largest absolute Gasteiger partial charge is 0.480 e. The average molecular weight is 672 g/mol. The molecule has 0 unspecified atom stereocenters. The van der Waals surface area contributed by atoms with Crippen LogP contribution in [0.15, 0.2) is 4.99 Å². The van der Waals surface area contributed by atoms with Crippen LogP contribution in [0.1, 0.15) is 74.7 Å². The van der Waals surface area contributed by atoms with Crippen LogP contribution < -0.4 is 43.8 Å². The molecular formula is C30H57N9O8. The molecule has 0 heterocycles. The first-order chi connectivity index (χ1) is 21.8. The first-order valence-corrected chi connectivity index (χ1v) is 15.9. The van der Waals surface area contributed by atoms with Gasteiger partial charge in [-0.1, -0.05) is 61.8 Å². The molecule has 0 aromatic rings. The van der Waals surface area contributed by atoms with Gasteiger partial charge >= 0.3 is 5.97 Å². The number of carbonyl (C=O) groups excluding carboxylic acids is 5. The van der Waals surface area contributed by atoms with Crippen LogP contribution in [-0.2, 0) is 28.8 Å². The highest BCUT2D eigenvalue weighted by atomic mass is 16.4. The zero-order valence-corrected chi connectivity index (χ0v) is 28.8. The van der Waals surface area contributed by atoms with Crippen molar-refractivity contribution in [2.45, 2.75) is 111 Å².